The van der Waals surface area contributed by atoms with Crippen molar-refractivity contribution in [3.05, 3.63) is 0 Å². The first kappa shape index (κ1) is 8.31. The third kappa shape index (κ3) is 2.11. The zero-order chi connectivity index (χ0) is 7.40. The smallest absolute Gasteiger partial charge is 0.0738 e. The Balaban J connectivity index is 2.24. The molecule has 0 bridgehead atoms. The molecule has 0 aromatic rings. The van der Waals surface area contributed by atoms with Crippen molar-refractivity contribution in [1.29, 1.82) is 0 Å². The molecular weight excluding hydrogens is 150 g/mol. The monoisotopic (exact) mass is 163 g/mol. The first-order valence-electron chi connectivity index (χ1n) is 3.68. The molecule has 2 nitrogen and oxygen atoms in total. The molecule has 0 aromatic carbocycles. The molecule has 1 aliphatic heterocycles. The van der Waals surface area contributed by atoms with Crippen LogP contribution in [0.1, 0.15) is 12.8 Å². The van der Waals surface area contributed by atoms with Crippen LogP contribution in [0.3, 0.4) is 0 Å². The molecule has 0 spiro atoms. The van der Waals surface area contributed by atoms with Gasteiger partial charge in [-0.3, -0.25) is 4.90 Å². The number of halogens is 1. The van der Waals surface area contributed by atoms with Gasteiger partial charge in [0, 0.05) is 19.3 Å². The Hall–Kier alpha value is 0.210. The van der Waals surface area contributed by atoms with Crippen LogP contribution in [0.2, 0.25) is 0 Å². The summed E-state index contributed by atoms with van der Waals surface area (Å²) in [6, 6.07) is 1.27. The molecule has 0 radical (unpaired) electrons. The summed E-state index contributed by atoms with van der Waals surface area (Å²) in [5.74, 6) is 0. The fraction of sp³-hybridized carbons (Fsp3) is 1.00. The Bertz CT molecular complexity index is 93.6. The SMILES string of the molecule is CN(CCl)C1CCOCC1. The molecule has 10 heavy (non-hydrogen) atoms. The van der Waals surface area contributed by atoms with Crippen molar-refractivity contribution in [3.8, 4) is 0 Å². The molecule has 1 heterocycles. The van der Waals surface area contributed by atoms with E-state index in [0.29, 0.717) is 12.0 Å². The van der Waals surface area contributed by atoms with Crippen LogP contribution >= 0.6 is 11.6 Å². The summed E-state index contributed by atoms with van der Waals surface area (Å²) in [7, 11) is 2.06. The molecule has 1 aliphatic rings. The second-order valence-electron chi connectivity index (χ2n) is 2.72. The maximum Gasteiger partial charge on any atom is 0.0738 e. The minimum absolute atomic E-state index is 0.630. The third-order valence-corrected chi connectivity index (χ3v) is 2.38. The average molecular weight is 164 g/mol. The molecule has 1 fully saturated rings. The molecule has 0 atom stereocenters. The van der Waals surface area contributed by atoms with Crippen molar-refractivity contribution in [1.82, 2.24) is 4.90 Å². The molecular formula is C7H14ClNO. The number of hydrogen-bond donors (Lipinski definition) is 0. The van der Waals surface area contributed by atoms with Crippen LogP contribution in [0.25, 0.3) is 0 Å². The van der Waals surface area contributed by atoms with Gasteiger partial charge in [0.1, 0.15) is 0 Å². The van der Waals surface area contributed by atoms with Crippen LogP contribution < -0.4 is 0 Å². The Morgan fingerprint density at radius 1 is 1.50 bits per heavy atom. The normalized spacial score (nSPS) is 21.9. The standard InChI is InChI=1S/C7H14ClNO/c1-9(6-8)7-2-4-10-5-3-7/h7H,2-6H2,1H3. The van der Waals surface area contributed by atoms with E-state index >= 15 is 0 Å². The van der Waals surface area contributed by atoms with E-state index in [2.05, 4.69) is 11.9 Å². The lowest BCUT2D eigenvalue weighted by atomic mass is 10.1. The van der Waals surface area contributed by atoms with Gasteiger partial charge < -0.3 is 4.74 Å². The topological polar surface area (TPSA) is 12.5 Å². The maximum atomic E-state index is 5.67. The van der Waals surface area contributed by atoms with Crippen molar-refractivity contribution < 1.29 is 4.74 Å². The van der Waals surface area contributed by atoms with E-state index in [9.17, 15) is 0 Å². The van der Waals surface area contributed by atoms with Gasteiger partial charge >= 0.3 is 0 Å². The van der Waals surface area contributed by atoms with E-state index in [1.807, 2.05) is 0 Å². The van der Waals surface area contributed by atoms with Crippen LogP contribution in [0.4, 0.5) is 0 Å². The van der Waals surface area contributed by atoms with Gasteiger partial charge in [0.05, 0.1) is 6.00 Å². The van der Waals surface area contributed by atoms with Crippen molar-refractivity contribution in [2.45, 2.75) is 18.9 Å². The summed E-state index contributed by atoms with van der Waals surface area (Å²) in [6.45, 7) is 1.79. The second kappa shape index (κ2) is 4.16. The zero-order valence-corrected chi connectivity index (χ0v) is 7.10. The second-order valence-corrected chi connectivity index (χ2v) is 2.96. The van der Waals surface area contributed by atoms with Crippen LogP contribution in [-0.4, -0.2) is 37.2 Å². The summed E-state index contributed by atoms with van der Waals surface area (Å²) >= 11 is 5.67. The summed E-state index contributed by atoms with van der Waals surface area (Å²) in [5.41, 5.74) is 0. The zero-order valence-electron chi connectivity index (χ0n) is 6.35. The fourth-order valence-corrected chi connectivity index (χ4v) is 1.42. The summed E-state index contributed by atoms with van der Waals surface area (Å²) < 4.78 is 5.22. The minimum Gasteiger partial charge on any atom is -0.381 e. The van der Waals surface area contributed by atoms with E-state index in [4.69, 9.17) is 16.3 Å². The van der Waals surface area contributed by atoms with Crippen LogP contribution in [-0.2, 0) is 4.74 Å². The molecule has 0 aromatic heterocycles. The maximum absolute atomic E-state index is 5.67. The van der Waals surface area contributed by atoms with Crippen LogP contribution in [0, 0.1) is 0 Å². The molecule has 3 heteroatoms. The molecule has 0 unspecified atom stereocenters. The van der Waals surface area contributed by atoms with Gasteiger partial charge in [0.2, 0.25) is 0 Å². The highest BCUT2D eigenvalue weighted by Crippen LogP contribution is 2.12. The molecule has 0 amide bonds. The van der Waals surface area contributed by atoms with Gasteiger partial charge in [0.25, 0.3) is 0 Å². The lowest BCUT2D eigenvalue weighted by Gasteiger charge is -2.29. The summed E-state index contributed by atoms with van der Waals surface area (Å²) in [4.78, 5) is 2.17. The Kier molecular flexibility index (Phi) is 3.46. The third-order valence-electron chi connectivity index (χ3n) is 2.00. The highest BCUT2D eigenvalue weighted by atomic mass is 35.5. The quantitative estimate of drug-likeness (QED) is 0.450. The van der Waals surface area contributed by atoms with Gasteiger partial charge in [-0.25, -0.2) is 0 Å². The molecule has 0 aliphatic carbocycles. The largest absolute Gasteiger partial charge is 0.381 e. The number of alkyl halides is 1. The van der Waals surface area contributed by atoms with Crippen LogP contribution in [0.15, 0.2) is 0 Å². The first-order chi connectivity index (χ1) is 4.84. The van der Waals surface area contributed by atoms with Crippen molar-refractivity contribution >= 4 is 11.6 Å². The Morgan fingerprint density at radius 2 is 2.10 bits per heavy atom. The van der Waals surface area contributed by atoms with Gasteiger partial charge in [-0.05, 0) is 19.9 Å². The molecule has 1 rings (SSSR count). The predicted molar refractivity (Wildman–Crippen MR) is 42.3 cm³/mol. The fourth-order valence-electron chi connectivity index (χ4n) is 1.22. The predicted octanol–water partition coefficient (Wildman–Crippen LogP) is 1.29. The number of rotatable bonds is 2. The van der Waals surface area contributed by atoms with E-state index < -0.39 is 0 Å². The summed E-state index contributed by atoms with van der Waals surface area (Å²) in [6.07, 6.45) is 2.26. The molecule has 0 saturated carbocycles. The van der Waals surface area contributed by atoms with E-state index in [-0.39, 0.29) is 0 Å². The van der Waals surface area contributed by atoms with Crippen LogP contribution in [0.5, 0.6) is 0 Å². The number of hydrogen-bond acceptors (Lipinski definition) is 2. The van der Waals surface area contributed by atoms with Gasteiger partial charge in [-0.1, -0.05) is 0 Å². The van der Waals surface area contributed by atoms with Gasteiger partial charge in [-0.15, -0.1) is 11.6 Å². The highest BCUT2D eigenvalue weighted by molar-refractivity contribution is 6.17. The minimum atomic E-state index is 0.630. The van der Waals surface area contributed by atoms with Crippen molar-refractivity contribution in [2.75, 3.05) is 26.3 Å². The van der Waals surface area contributed by atoms with E-state index in [0.717, 1.165) is 26.1 Å². The molecule has 60 valence electrons. The molecule has 0 N–H and O–H groups in total. The van der Waals surface area contributed by atoms with Gasteiger partial charge in [0.15, 0.2) is 0 Å². The molecule has 1 saturated heterocycles. The van der Waals surface area contributed by atoms with E-state index in [1.54, 1.807) is 0 Å². The summed E-state index contributed by atoms with van der Waals surface area (Å²) in [5, 5.41) is 0. The van der Waals surface area contributed by atoms with E-state index in [1.165, 1.54) is 0 Å². The number of ether oxygens (including phenoxy) is 1. The lowest BCUT2D eigenvalue weighted by molar-refractivity contribution is 0.0485. The van der Waals surface area contributed by atoms with Crippen molar-refractivity contribution in [3.63, 3.8) is 0 Å². The Morgan fingerprint density at radius 3 is 2.60 bits per heavy atom. The Labute approximate surface area is 67.1 Å². The van der Waals surface area contributed by atoms with Gasteiger partial charge in [-0.2, -0.15) is 0 Å². The average Bonchev–Trinajstić information content (AvgIpc) is 2.05. The first-order valence-corrected chi connectivity index (χ1v) is 4.22. The van der Waals surface area contributed by atoms with Crippen molar-refractivity contribution in [2.24, 2.45) is 0 Å². The highest BCUT2D eigenvalue weighted by Gasteiger charge is 2.16. The number of nitrogens with zero attached hydrogens (tertiary/aromatic N) is 1. The lowest BCUT2D eigenvalue weighted by Crippen LogP contribution is -2.35.